The van der Waals surface area contributed by atoms with Crippen LogP contribution in [0.4, 0.5) is 9.59 Å². The van der Waals surface area contributed by atoms with Gasteiger partial charge in [0.1, 0.15) is 5.60 Å². The van der Waals surface area contributed by atoms with Gasteiger partial charge >= 0.3 is 12.2 Å². The number of carboxylic acid groups (broad SMARTS) is 1. The molecule has 0 bridgehead atoms. The zero-order chi connectivity index (χ0) is 23.8. The highest BCUT2D eigenvalue weighted by atomic mass is 16.6. The average Bonchev–Trinajstić information content (AvgIpc) is 2.78. The lowest BCUT2D eigenvalue weighted by Crippen LogP contribution is -2.43. The standard InChI is InChI=1S/C26H40N2O5/c1-26(2,3)33-25(31)28-14-9-21(10-15-28)22(19-20-7-5-4-6-8-20)13-18-32-23-11-16-27(17-12-23)24(29)30/h4-8,21-23H,9-19H2,1-3H3,(H,29,30). The molecule has 7 nitrogen and oxygen atoms in total. The summed E-state index contributed by atoms with van der Waals surface area (Å²) in [5, 5.41) is 9.12. The van der Waals surface area contributed by atoms with Gasteiger partial charge in [-0.05, 0) is 76.7 Å². The van der Waals surface area contributed by atoms with E-state index >= 15 is 0 Å². The van der Waals surface area contributed by atoms with Gasteiger partial charge in [-0.1, -0.05) is 30.3 Å². The lowest BCUT2D eigenvalue weighted by atomic mass is 9.79. The Bertz CT molecular complexity index is 748. The first-order valence-corrected chi connectivity index (χ1v) is 12.3. The van der Waals surface area contributed by atoms with Gasteiger partial charge in [-0.2, -0.15) is 0 Å². The van der Waals surface area contributed by atoms with E-state index in [4.69, 9.17) is 14.6 Å². The number of hydrogen-bond donors (Lipinski definition) is 1. The molecule has 1 N–H and O–H groups in total. The fraction of sp³-hybridized carbons (Fsp3) is 0.692. The summed E-state index contributed by atoms with van der Waals surface area (Å²) in [6.07, 6.45) is 4.58. The number of carbonyl (C=O) groups is 2. The number of piperidine rings is 2. The molecular formula is C26H40N2O5. The summed E-state index contributed by atoms with van der Waals surface area (Å²) < 4.78 is 11.7. The molecule has 2 saturated heterocycles. The minimum Gasteiger partial charge on any atom is -0.465 e. The Morgan fingerprint density at radius 1 is 1.00 bits per heavy atom. The fourth-order valence-electron chi connectivity index (χ4n) is 4.90. The molecule has 1 atom stereocenters. The van der Waals surface area contributed by atoms with E-state index in [2.05, 4.69) is 24.3 Å². The topological polar surface area (TPSA) is 79.3 Å². The third kappa shape index (κ3) is 8.22. The molecule has 3 rings (SSSR count). The number of hydrogen-bond acceptors (Lipinski definition) is 4. The molecule has 1 aromatic rings. The van der Waals surface area contributed by atoms with Crippen molar-refractivity contribution in [2.75, 3.05) is 32.8 Å². The van der Waals surface area contributed by atoms with E-state index < -0.39 is 11.7 Å². The highest BCUT2D eigenvalue weighted by Gasteiger charge is 2.31. The molecule has 0 spiro atoms. The van der Waals surface area contributed by atoms with Crippen molar-refractivity contribution in [3.05, 3.63) is 35.9 Å². The number of benzene rings is 1. The van der Waals surface area contributed by atoms with Crippen LogP contribution in [-0.4, -0.2) is 71.6 Å². The first kappa shape index (κ1) is 25.3. The molecule has 33 heavy (non-hydrogen) atoms. The number of likely N-dealkylation sites (tertiary alicyclic amines) is 2. The molecule has 2 heterocycles. The smallest absolute Gasteiger partial charge is 0.410 e. The van der Waals surface area contributed by atoms with E-state index in [1.165, 1.54) is 10.5 Å². The van der Waals surface area contributed by atoms with Gasteiger partial charge in [0.2, 0.25) is 0 Å². The molecular weight excluding hydrogens is 420 g/mol. The Morgan fingerprint density at radius 3 is 2.18 bits per heavy atom. The molecule has 0 saturated carbocycles. The first-order valence-electron chi connectivity index (χ1n) is 12.3. The zero-order valence-corrected chi connectivity index (χ0v) is 20.4. The molecule has 2 aliphatic heterocycles. The van der Waals surface area contributed by atoms with E-state index in [0.29, 0.717) is 31.5 Å². The van der Waals surface area contributed by atoms with Crippen LogP contribution in [0.15, 0.2) is 30.3 Å². The number of amides is 2. The van der Waals surface area contributed by atoms with Gasteiger partial charge < -0.3 is 24.4 Å². The summed E-state index contributed by atoms with van der Waals surface area (Å²) in [6, 6.07) is 10.6. The lowest BCUT2D eigenvalue weighted by molar-refractivity contribution is -0.00346. The predicted molar refractivity (Wildman–Crippen MR) is 127 cm³/mol. The Hall–Kier alpha value is -2.28. The van der Waals surface area contributed by atoms with Gasteiger partial charge in [0, 0.05) is 32.8 Å². The largest absolute Gasteiger partial charge is 0.465 e. The summed E-state index contributed by atoms with van der Waals surface area (Å²) in [6.45, 7) is 8.98. The van der Waals surface area contributed by atoms with Crippen molar-refractivity contribution < 1.29 is 24.2 Å². The second-order valence-corrected chi connectivity index (χ2v) is 10.4. The second kappa shape index (κ2) is 11.7. The summed E-state index contributed by atoms with van der Waals surface area (Å²) >= 11 is 0. The number of rotatable bonds is 7. The average molecular weight is 461 g/mol. The Kier molecular flexibility index (Phi) is 9.01. The summed E-state index contributed by atoms with van der Waals surface area (Å²) in [4.78, 5) is 26.8. The van der Waals surface area contributed by atoms with Crippen molar-refractivity contribution in [2.45, 2.75) is 71.0 Å². The van der Waals surface area contributed by atoms with Crippen LogP contribution in [0, 0.1) is 11.8 Å². The Labute approximate surface area is 198 Å². The fourth-order valence-corrected chi connectivity index (χ4v) is 4.90. The molecule has 0 aliphatic carbocycles. The van der Waals surface area contributed by atoms with Crippen molar-refractivity contribution in [3.8, 4) is 0 Å². The van der Waals surface area contributed by atoms with Crippen molar-refractivity contribution in [2.24, 2.45) is 11.8 Å². The summed E-state index contributed by atoms with van der Waals surface area (Å²) in [5.74, 6) is 1.04. The molecule has 7 heteroatoms. The zero-order valence-electron chi connectivity index (χ0n) is 20.4. The van der Waals surface area contributed by atoms with Gasteiger partial charge in [-0.25, -0.2) is 9.59 Å². The van der Waals surface area contributed by atoms with Crippen LogP contribution in [0.5, 0.6) is 0 Å². The van der Waals surface area contributed by atoms with Crippen molar-refractivity contribution in [1.29, 1.82) is 0 Å². The van der Waals surface area contributed by atoms with Gasteiger partial charge in [0.25, 0.3) is 0 Å². The minimum atomic E-state index is -0.839. The number of carbonyl (C=O) groups excluding carboxylic acids is 1. The van der Waals surface area contributed by atoms with Crippen molar-refractivity contribution in [3.63, 3.8) is 0 Å². The normalized spacial score (nSPS) is 19.4. The quantitative estimate of drug-likeness (QED) is 0.617. The van der Waals surface area contributed by atoms with Gasteiger partial charge in [0.05, 0.1) is 6.10 Å². The van der Waals surface area contributed by atoms with E-state index in [0.717, 1.165) is 51.6 Å². The molecule has 2 amide bonds. The van der Waals surface area contributed by atoms with Crippen LogP contribution < -0.4 is 0 Å². The Morgan fingerprint density at radius 2 is 1.61 bits per heavy atom. The highest BCUT2D eigenvalue weighted by Crippen LogP contribution is 2.31. The van der Waals surface area contributed by atoms with Crippen LogP contribution >= 0.6 is 0 Å². The van der Waals surface area contributed by atoms with E-state index in [1.54, 1.807) is 0 Å². The SMILES string of the molecule is CC(C)(C)OC(=O)N1CCC(C(CCOC2CCN(C(=O)O)CC2)Cc2ccccc2)CC1. The van der Waals surface area contributed by atoms with Crippen LogP contribution in [-0.2, 0) is 15.9 Å². The van der Waals surface area contributed by atoms with Crippen LogP contribution in [0.2, 0.25) is 0 Å². The molecule has 1 unspecified atom stereocenters. The van der Waals surface area contributed by atoms with Crippen molar-refractivity contribution in [1.82, 2.24) is 9.80 Å². The molecule has 2 aliphatic rings. The van der Waals surface area contributed by atoms with E-state index in [1.807, 2.05) is 31.7 Å². The lowest BCUT2D eigenvalue weighted by Gasteiger charge is -2.37. The maximum absolute atomic E-state index is 12.4. The molecule has 1 aromatic carbocycles. The number of ether oxygens (including phenoxy) is 2. The molecule has 2 fully saturated rings. The van der Waals surface area contributed by atoms with Crippen molar-refractivity contribution >= 4 is 12.2 Å². The first-order chi connectivity index (χ1) is 15.7. The van der Waals surface area contributed by atoms with Gasteiger partial charge in [0.15, 0.2) is 0 Å². The third-order valence-corrected chi connectivity index (χ3v) is 6.75. The predicted octanol–water partition coefficient (Wildman–Crippen LogP) is 5.04. The van der Waals surface area contributed by atoms with E-state index in [9.17, 15) is 9.59 Å². The maximum atomic E-state index is 12.4. The van der Waals surface area contributed by atoms with Gasteiger partial charge in [-0.15, -0.1) is 0 Å². The van der Waals surface area contributed by atoms with Crippen LogP contribution in [0.1, 0.15) is 58.4 Å². The Balaban J connectivity index is 1.51. The van der Waals surface area contributed by atoms with Crippen LogP contribution in [0.3, 0.4) is 0 Å². The molecule has 0 aromatic heterocycles. The maximum Gasteiger partial charge on any atom is 0.410 e. The highest BCUT2D eigenvalue weighted by molar-refractivity contribution is 5.68. The molecule has 184 valence electrons. The van der Waals surface area contributed by atoms with Crippen LogP contribution in [0.25, 0.3) is 0 Å². The summed E-state index contributed by atoms with van der Waals surface area (Å²) in [5.41, 5.74) is 0.869. The molecule has 0 radical (unpaired) electrons. The number of nitrogens with zero attached hydrogens (tertiary/aromatic N) is 2. The minimum absolute atomic E-state index is 0.145. The van der Waals surface area contributed by atoms with Gasteiger partial charge in [-0.3, -0.25) is 0 Å². The monoisotopic (exact) mass is 460 g/mol. The second-order valence-electron chi connectivity index (χ2n) is 10.4. The third-order valence-electron chi connectivity index (χ3n) is 6.75. The van der Waals surface area contributed by atoms with E-state index in [-0.39, 0.29) is 12.2 Å². The summed E-state index contributed by atoms with van der Waals surface area (Å²) in [7, 11) is 0.